The topological polar surface area (TPSA) is 95.1 Å². The molecule has 0 atom stereocenters. The van der Waals surface area contributed by atoms with Crippen molar-refractivity contribution in [3.63, 3.8) is 0 Å². The van der Waals surface area contributed by atoms with Gasteiger partial charge in [-0.2, -0.15) is 13.2 Å². The van der Waals surface area contributed by atoms with Crippen LogP contribution in [0.15, 0.2) is 47.4 Å². The third-order valence-corrected chi connectivity index (χ3v) is 5.69. The normalized spacial score (nSPS) is 12.7. The Bertz CT molecular complexity index is 1210. The highest BCUT2D eigenvalue weighted by Gasteiger charge is 2.47. The maximum atomic E-state index is 12.8. The Kier molecular flexibility index (Phi) is 5.18. The highest BCUT2D eigenvalue weighted by Crippen LogP contribution is 2.32. The van der Waals surface area contributed by atoms with Gasteiger partial charge in [-0.25, -0.2) is 13.4 Å². The molecule has 0 bridgehead atoms. The average Bonchev–Trinajstić information content (AvgIpc) is 3.02. The molecule has 0 aliphatic heterocycles. The van der Waals surface area contributed by atoms with E-state index in [-0.39, 0.29) is 11.2 Å². The molecule has 2 aromatic carbocycles. The number of benzene rings is 2. The summed E-state index contributed by atoms with van der Waals surface area (Å²) in [4.78, 5) is 13.5. The van der Waals surface area contributed by atoms with Gasteiger partial charge in [0.2, 0.25) is 0 Å². The van der Waals surface area contributed by atoms with Crippen LogP contribution in [0.3, 0.4) is 0 Å². The number of aromatic nitrogens is 2. The zero-order valence-electron chi connectivity index (χ0n) is 14.9. The van der Waals surface area contributed by atoms with E-state index in [4.69, 9.17) is 0 Å². The monoisotopic (exact) mass is 425 g/mol. The lowest BCUT2D eigenvalue weighted by Gasteiger charge is -2.08. The van der Waals surface area contributed by atoms with Gasteiger partial charge >= 0.3 is 5.51 Å². The Morgan fingerprint density at radius 2 is 1.79 bits per heavy atom. The van der Waals surface area contributed by atoms with Gasteiger partial charge in [-0.1, -0.05) is 6.08 Å². The second kappa shape index (κ2) is 7.32. The second-order valence-corrected chi connectivity index (χ2v) is 7.94. The highest BCUT2D eigenvalue weighted by atomic mass is 32.2. The van der Waals surface area contributed by atoms with Crippen molar-refractivity contribution in [3.8, 4) is 0 Å². The molecule has 3 aromatic rings. The molecule has 0 saturated carbocycles. The van der Waals surface area contributed by atoms with Crippen molar-refractivity contribution in [1.82, 2.24) is 9.55 Å². The number of hydrogen-bond donors (Lipinski definition) is 0. The highest BCUT2D eigenvalue weighted by molar-refractivity contribution is 7.92. The van der Waals surface area contributed by atoms with E-state index in [1.807, 2.05) is 6.92 Å². The molecule has 29 heavy (non-hydrogen) atoms. The van der Waals surface area contributed by atoms with Gasteiger partial charge in [0, 0.05) is 18.7 Å². The van der Waals surface area contributed by atoms with Crippen molar-refractivity contribution < 1.29 is 26.5 Å². The fraction of sp³-hybridized carbons (Fsp3) is 0.167. The van der Waals surface area contributed by atoms with Crippen LogP contribution in [0.2, 0.25) is 0 Å². The number of non-ortho nitro benzene ring substituents is 1. The summed E-state index contributed by atoms with van der Waals surface area (Å²) in [5.74, 6) is 0.405. The van der Waals surface area contributed by atoms with Crippen molar-refractivity contribution in [2.45, 2.75) is 23.9 Å². The maximum Gasteiger partial charge on any atom is 0.501 e. The molecule has 152 valence electrons. The van der Waals surface area contributed by atoms with Gasteiger partial charge in [-0.15, -0.1) is 0 Å². The summed E-state index contributed by atoms with van der Waals surface area (Å²) in [7, 11) is -5.47. The quantitative estimate of drug-likeness (QED) is 0.445. The number of alkyl halides is 3. The Hall–Kier alpha value is -3.21. The summed E-state index contributed by atoms with van der Waals surface area (Å²) in [5.41, 5.74) is -4.20. The van der Waals surface area contributed by atoms with Crippen LogP contribution in [0, 0.1) is 10.1 Å². The predicted molar refractivity (Wildman–Crippen MR) is 101 cm³/mol. The molecular formula is C18H14F3N3O4S. The number of halogens is 3. The molecule has 11 heteroatoms. The SMILES string of the molecule is CCn1c(/C=C/c2ccc([N+](=O)[O-])cc2)nc2cc(S(=O)(=O)C(F)(F)F)ccc21. The van der Waals surface area contributed by atoms with Crippen LogP contribution in [-0.2, 0) is 16.4 Å². The molecule has 3 rings (SSSR count). The first-order valence-electron chi connectivity index (χ1n) is 8.29. The van der Waals surface area contributed by atoms with E-state index in [9.17, 15) is 31.7 Å². The number of nitro benzene ring substituents is 1. The number of imidazole rings is 1. The Morgan fingerprint density at radius 3 is 2.34 bits per heavy atom. The molecule has 0 spiro atoms. The third kappa shape index (κ3) is 3.86. The Morgan fingerprint density at radius 1 is 1.14 bits per heavy atom. The van der Waals surface area contributed by atoms with Crippen molar-refractivity contribution in [1.29, 1.82) is 0 Å². The molecule has 0 fully saturated rings. The van der Waals surface area contributed by atoms with Crippen LogP contribution in [0.25, 0.3) is 23.2 Å². The van der Waals surface area contributed by atoms with Crippen LogP contribution in [-0.4, -0.2) is 28.4 Å². The number of hydrogen-bond acceptors (Lipinski definition) is 5. The lowest BCUT2D eigenvalue weighted by Crippen LogP contribution is -2.23. The molecule has 0 aliphatic rings. The molecule has 0 saturated heterocycles. The summed E-state index contributed by atoms with van der Waals surface area (Å²) in [6, 6.07) is 8.86. The van der Waals surface area contributed by atoms with Gasteiger partial charge in [0.05, 0.1) is 20.9 Å². The van der Waals surface area contributed by atoms with Crippen molar-refractivity contribution in [3.05, 3.63) is 64.0 Å². The fourth-order valence-corrected chi connectivity index (χ4v) is 3.55. The van der Waals surface area contributed by atoms with Gasteiger partial charge in [0.1, 0.15) is 5.82 Å². The summed E-state index contributed by atoms with van der Waals surface area (Å²) in [5, 5.41) is 10.7. The molecular weight excluding hydrogens is 411 g/mol. The lowest BCUT2D eigenvalue weighted by molar-refractivity contribution is -0.384. The van der Waals surface area contributed by atoms with Crippen LogP contribution >= 0.6 is 0 Å². The minimum Gasteiger partial charge on any atom is -0.325 e. The van der Waals surface area contributed by atoms with Crippen LogP contribution in [0.1, 0.15) is 18.3 Å². The van der Waals surface area contributed by atoms with Gasteiger partial charge in [-0.05, 0) is 48.9 Å². The van der Waals surface area contributed by atoms with Gasteiger partial charge in [0.15, 0.2) is 0 Å². The van der Waals surface area contributed by atoms with E-state index in [2.05, 4.69) is 4.98 Å². The first-order chi connectivity index (χ1) is 13.5. The standard InChI is InChI=1S/C18H14F3N3O4S/c1-2-23-16-9-8-14(29(27,28)18(19,20)21)11-15(16)22-17(23)10-5-12-3-6-13(7-4-12)24(25)26/h3-11H,2H2,1H3/b10-5+. The molecule has 1 aromatic heterocycles. The minimum absolute atomic E-state index is 0.0543. The molecule has 7 nitrogen and oxygen atoms in total. The minimum atomic E-state index is -5.47. The molecule has 0 aliphatic carbocycles. The average molecular weight is 425 g/mol. The van der Waals surface area contributed by atoms with Gasteiger partial charge in [0.25, 0.3) is 15.5 Å². The Labute approximate surface area is 163 Å². The molecule has 0 amide bonds. The number of nitrogens with zero attached hydrogens (tertiary/aromatic N) is 3. The number of sulfone groups is 1. The first-order valence-corrected chi connectivity index (χ1v) is 9.77. The van der Waals surface area contributed by atoms with Gasteiger partial charge < -0.3 is 4.57 Å². The number of aryl methyl sites for hydroxylation is 1. The third-order valence-electron chi connectivity index (χ3n) is 4.21. The lowest BCUT2D eigenvalue weighted by atomic mass is 10.2. The molecule has 1 heterocycles. The summed E-state index contributed by atoms with van der Waals surface area (Å²) >= 11 is 0. The number of fused-ring (bicyclic) bond motifs is 1. The molecule has 0 unspecified atom stereocenters. The van der Waals surface area contributed by atoms with Crippen LogP contribution in [0.5, 0.6) is 0 Å². The smallest absolute Gasteiger partial charge is 0.325 e. The van der Waals surface area contributed by atoms with E-state index >= 15 is 0 Å². The van der Waals surface area contributed by atoms with E-state index < -0.39 is 25.2 Å². The van der Waals surface area contributed by atoms with E-state index in [1.165, 1.54) is 18.2 Å². The summed E-state index contributed by atoms with van der Waals surface area (Å²) in [6.45, 7) is 2.26. The van der Waals surface area contributed by atoms with Crippen molar-refractivity contribution in [2.75, 3.05) is 0 Å². The largest absolute Gasteiger partial charge is 0.501 e. The molecule has 0 N–H and O–H groups in total. The van der Waals surface area contributed by atoms with Crippen molar-refractivity contribution >= 4 is 38.7 Å². The number of rotatable bonds is 5. The van der Waals surface area contributed by atoms with Crippen molar-refractivity contribution in [2.24, 2.45) is 0 Å². The molecule has 0 radical (unpaired) electrons. The van der Waals surface area contributed by atoms with Gasteiger partial charge in [-0.3, -0.25) is 10.1 Å². The number of nitro groups is 1. The van der Waals surface area contributed by atoms with E-state index in [1.54, 1.807) is 28.9 Å². The fourth-order valence-electron chi connectivity index (χ4n) is 2.77. The second-order valence-electron chi connectivity index (χ2n) is 6.00. The Balaban J connectivity index is 2.01. The summed E-state index contributed by atoms with van der Waals surface area (Å²) < 4.78 is 63.3. The summed E-state index contributed by atoms with van der Waals surface area (Å²) in [6.07, 6.45) is 3.24. The van der Waals surface area contributed by atoms with Crippen LogP contribution in [0.4, 0.5) is 18.9 Å². The zero-order chi connectivity index (χ0) is 21.4. The first kappa shape index (κ1) is 20.5. The van der Waals surface area contributed by atoms with Crippen LogP contribution < -0.4 is 0 Å². The van der Waals surface area contributed by atoms with E-state index in [0.717, 1.165) is 12.1 Å². The maximum absolute atomic E-state index is 12.8. The zero-order valence-corrected chi connectivity index (χ0v) is 15.7. The van der Waals surface area contributed by atoms with E-state index in [0.29, 0.717) is 23.4 Å². The predicted octanol–water partition coefficient (Wildman–Crippen LogP) is 4.43.